The molecule has 6 aromatic rings. The maximum absolute atomic E-state index is 10.5. The maximum Gasteiger partial charge on any atom is 0.317 e. The summed E-state index contributed by atoms with van der Waals surface area (Å²) in [5, 5.41) is 32.5. The Balaban J connectivity index is 0.000000259. The lowest BCUT2D eigenvalue weighted by molar-refractivity contribution is -0.142. The van der Waals surface area contributed by atoms with Gasteiger partial charge in [0.15, 0.2) is 0 Å². The number of aromatic nitrogens is 4. The van der Waals surface area contributed by atoms with E-state index in [0.717, 1.165) is 65.5 Å². The summed E-state index contributed by atoms with van der Waals surface area (Å²) in [6.45, 7) is 4.44. The maximum atomic E-state index is 10.5. The smallest absolute Gasteiger partial charge is 0.317 e. The fourth-order valence-electron chi connectivity index (χ4n) is 4.99. The largest absolute Gasteiger partial charge is 0.480 e. The van der Waals surface area contributed by atoms with E-state index in [2.05, 4.69) is 51.3 Å². The van der Waals surface area contributed by atoms with Gasteiger partial charge in [-0.3, -0.25) is 19.4 Å². The first-order valence-corrected chi connectivity index (χ1v) is 16.5. The third kappa shape index (κ3) is 14.9. The molecule has 0 saturated carbocycles. The lowest BCUT2D eigenvalue weighted by atomic mass is 10.2. The van der Waals surface area contributed by atoms with Crippen LogP contribution in [0, 0.1) is 0 Å². The van der Waals surface area contributed by atoms with Crippen molar-refractivity contribution < 1.29 is 30.0 Å². The number of nitrogens with zero attached hydrogens (tertiary/aromatic N) is 4. The highest BCUT2D eigenvalue weighted by molar-refractivity contribution is 5.75. The van der Waals surface area contributed by atoms with Crippen LogP contribution in [0.1, 0.15) is 29.7 Å². The van der Waals surface area contributed by atoms with Crippen molar-refractivity contribution in [3.8, 4) is 0 Å². The van der Waals surface area contributed by atoms with Gasteiger partial charge >= 0.3 is 11.9 Å². The molecule has 0 fully saturated rings. The quantitative estimate of drug-likeness (QED) is 0.0909. The highest BCUT2D eigenvalue weighted by Crippen LogP contribution is 2.17. The van der Waals surface area contributed by atoms with Crippen molar-refractivity contribution in [2.24, 2.45) is 5.73 Å². The number of aliphatic carboxylic acids is 2. The molecule has 0 aliphatic heterocycles. The first-order chi connectivity index (χ1) is 24.7. The molecule has 0 unspecified atom stereocenters. The van der Waals surface area contributed by atoms with Gasteiger partial charge in [0.1, 0.15) is 11.6 Å². The van der Waals surface area contributed by atoms with Crippen LogP contribution >= 0.6 is 0 Å². The monoisotopic (exact) mass is 697 g/mol. The van der Waals surface area contributed by atoms with Crippen molar-refractivity contribution >= 4 is 34.0 Å². The number of nitrogens with one attached hydrogen (secondary N) is 2. The summed E-state index contributed by atoms with van der Waals surface area (Å²) in [5.74, 6) is -0.129. The van der Waals surface area contributed by atoms with Crippen LogP contribution in [-0.4, -0.2) is 94.9 Å². The highest BCUT2D eigenvalue weighted by atomic mass is 16.4. The van der Waals surface area contributed by atoms with E-state index < -0.39 is 11.9 Å². The van der Waals surface area contributed by atoms with Gasteiger partial charge in [0, 0.05) is 13.1 Å². The summed E-state index contributed by atoms with van der Waals surface area (Å²) in [4.78, 5) is 41.2. The van der Waals surface area contributed by atoms with Crippen LogP contribution in [0.25, 0.3) is 22.1 Å². The molecule has 8 N–H and O–H groups in total. The summed E-state index contributed by atoms with van der Waals surface area (Å²) in [6, 6.07) is 36.0. The van der Waals surface area contributed by atoms with E-state index in [9.17, 15) is 9.59 Å². The Morgan fingerprint density at radius 1 is 0.588 bits per heavy atom. The minimum atomic E-state index is -1.03. The molecule has 270 valence electrons. The molecule has 0 aliphatic rings. The number of aromatic amines is 2. The van der Waals surface area contributed by atoms with E-state index in [4.69, 9.17) is 36.1 Å². The zero-order chi connectivity index (χ0) is 36.8. The van der Waals surface area contributed by atoms with Gasteiger partial charge in [0.25, 0.3) is 0 Å². The molecule has 2 heterocycles. The molecule has 0 amide bonds. The van der Waals surface area contributed by atoms with Crippen molar-refractivity contribution in [1.29, 1.82) is 0 Å². The number of aliphatic hydroxyl groups is 2. The second kappa shape index (κ2) is 22.3. The first-order valence-electron chi connectivity index (χ1n) is 16.5. The van der Waals surface area contributed by atoms with Gasteiger partial charge in [-0.1, -0.05) is 91.9 Å². The average molecular weight is 698 g/mol. The van der Waals surface area contributed by atoms with E-state index in [0.29, 0.717) is 6.54 Å². The fourth-order valence-corrected chi connectivity index (χ4v) is 4.99. The summed E-state index contributed by atoms with van der Waals surface area (Å²) >= 11 is 0. The van der Waals surface area contributed by atoms with E-state index in [-0.39, 0.29) is 26.3 Å². The highest BCUT2D eigenvalue weighted by Gasteiger charge is 2.15. The Labute approximate surface area is 297 Å². The Kier molecular flexibility index (Phi) is 17.5. The van der Waals surface area contributed by atoms with Gasteiger partial charge in [-0.2, -0.15) is 0 Å². The van der Waals surface area contributed by atoms with Crippen LogP contribution in [0.3, 0.4) is 0 Å². The number of hydrogen-bond acceptors (Lipinski definition) is 9. The molecule has 4 aromatic carbocycles. The van der Waals surface area contributed by atoms with Crippen LogP contribution in [0.5, 0.6) is 0 Å². The molecular formula is C38H47N7O6. The topological polar surface area (TPSA) is 205 Å². The minimum Gasteiger partial charge on any atom is -0.480 e. The minimum absolute atomic E-state index is 0.125. The van der Waals surface area contributed by atoms with E-state index in [1.54, 1.807) is 0 Å². The zero-order valence-corrected chi connectivity index (χ0v) is 28.7. The van der Waals surface area contributed by atoms with Gasteiger partial charge in [0.2, 0.25) is 0 Å². The van der Waals surface area contributed by atoms with Gasteiger partial charge < -0.3 is 36.1 Å². The number of para-hydroxylation sites is 4. The normalized spacial score (nSPS) is 10.5. The second-order valence-electron chi connectivity index (χ2n) is 11.3. The van der Waals surface area contributed by atoms with E-state index >= 15 is 0 Å². The van der Waals surface area contributed by atoms with Crippen LogP contribution in [0.15, 0.2) is 109 Å². The molecule has 0 aliphatic carbocycles. The zero-order valence-electron chi connectivity index (χ0n) is 28.7. The predicted molar refractivity (Wildman–Crippen MR) is 197 cm³/mol. The molecule has 51 heavy (non-hydrogen) atoms. The molecule has 13 heteroatoms. The molecule has 13 nitrogen and oxygen atoms in total. The van der Waals surface area contributed by atoms with Crippen LogP contribution in [0.2, 0.25) is 0 Å². The predicted octanol–water partition coefficient (Wildman–Crippen LogP) is 4.24. The molecule has 6 rings (SSSR count). The van der Waals surface area contributed by atoms with Crippen molar-refractivity contribution in [2.45, 2.75) is 33.1 Å². The SMILES string of the molecule is CCN.O=C(O)CN(CC(=O)O)Cc1ccccc1.OCCO.c1ccc(CN(Cc2nc3ccccc3[nH]2)Cc2nc3ccccc3[nH]2)cc1. The van der Waals surface area contributed by atoms with Crippen LogP contribution in [-0.2, 0) is 35.8 Å². The van der Waals surface area contributed by atoms with Gasteiger partial charge in [-0.25, -0.2) is 9.97 Å². The summed E-state index contributed by atoms with van der Waals surface area (Å²) in [6.07, 6.45) is 0. The van der Waals surface area contributed by atoms with E-state index in [1.807, 2.05) is 79.7 Å². The van der Waals surface area contributed by atoms with Gasteiger partial charge in [0.05, 0.1) is 61.5 Å². The fraction of sp³-hybridized carbons (Fsp3) is 0.263. The number of rotatable bonds is 13. The lowest BCUT2D eigenvalue weighted by Crippen LogP contribution is -2.33. The number of carbonyl (C=O) groups is 2. The van der Waals surface area contributed by atoms with Crippen molar-refractivity contribution in [3.05, 3.63) is 132 Å². The van der Waals surface area contributed by atoms with Crippen molar-refractivity contribution in [2.75, 3.05) is 32.8 Å². The summed E-state index contributed by atoms with van der Waals surface area (Å²) in [5.41, 5.74) is 11.2. The Morgan fingerprint density at radius 3 is 1.29 bits per heavy atom. The third-order valence-corrected chi connectivity index (χ3v) is 6.94. The molecule has 0 atom stereocenters. The number of imidazole rings is 2. The van der Waals surface area contributed by atoms with Gasteiger partial charge in [-0.05, 0) is 41.9 Å². The summed E-state index contributed by atoms with van der Waals surface area (Å²) < 4.78 is 0. The molecular weight excluding hydrogens is 650 g/mol. The standard InChI is InChI=1S/C23H21N5.C11H13NO4.C2H7N.C2H6O2/c1-2-8-17(9-3-1)14-28(15-22-24-18-10-4-5-11-19(18)25-22)16-23-26-20-12-6-7-13-21(20)27-23;13-10(14)7-12(8-11(15)16)6-9-4-2-1-3-5-9;1-2-3;3-1-2-4/h1-13H,14-16H2,(H,24,25)(H,26,27);1-5H,6-8H2,(H,13,14)(H,15,16);2-3H2,1H3;3-4H,1-2H2. The molecule has 0 bridgehead atoms. The molecule has 0 spiro atoms. The van der Waals surface area contributed by atoms with Crippen LogP contribution in [0.4, 0.5) is 0 Å². The molecule has 0 saturated heterocycles. The number of aliphatic hydroxyl groups excluding tert-OH is 2. The van der Waals surface area contributed by atoms with Crippen LogP contribution < -0.4 is 5.73 Å². The number of nitrogens with two attached hydrogens (primary N) is 1. The number of fused-ring (bicyclic) bond motifs is 2. The Bertz CT molecular complexity index is 1700. The molecule has 0 radical (unpaired) electrons. The number of carboxylic acids is 2. The summed E-state index contributed by atoms with van der Waals surface area (Å²) in [7, 11) is 0. The molecule has 2 aromatic heterocycles. The average Bonchev–Trinajstić information content (AvgIpc) is 3.72. The number of hydrogen-bond donors (Lipinski definition) is 7. The van der Waals surface area contributed by atoms with Crippen molar-refractivity contribution in [3.63, 3.8) is 0 Å². The lowest BCUT2D eigenvalue weighted by Gasteiger charge is -2.20. The van der Waals surface area contributed by atoms with Crippen molar-refractivity contribution in [1.82, 2.24) is 29.7 Å². The number of carboxylic acid groups (broad SMARTS) is 2. The Morgan fingerprint density at radius 2 is 0.941 bits per heavy atom. The Hall–Kier alpha value is -5.44. The first kappa shape index (κ1) is 40.0. The second-order valence-corrected chi connectivity index (χ2v) is 11.3. The third-order valence-electron chi connectivity index (χ3n) is 6.94. The number of benzene rings is 4. The van der Waals surface area contributed by atoms with E-state index in [1.165, 1.54) is 10.5 Å². The van der Waals surface area contributed by atoms with Gasteiger partial charge in [-0.15, -0.1) is 0 Å². The number of H-pyrrole nitrogens is 2.